The van der Waals surface area contributed by atoms with Crippen molar-refractivity contribution in [1.29, 1.82) is 0 Å². The molecular weight excluding hydrogens is 370 g/mol. The van der Waals surface area contributed by atoms with Crippen LogP contribution in [-0.2, 0) is 14.0 Å². The second kappa shape index (κ2) is 8.11. The van der Waals surface area contributed by atoms with Crippen LogP contribution in [0.4, 0.5) is 0 Å². The van der Waals surface area contributed by atoms with Gasteiger partial charge in [-0.1, -0.05) is 54.6 Å². The van der Waals surface area contributed by atoms with Crippen LogP contribution in [0, 0.1) is 5.92 Å². The fraction of sp³-hybridized carbons (Fsp3) is 0.905. The van der Waals surface area contributed by atoms with Gasteiger partial charge in [-0.05, 0) is 42.9 Å². The number of carbonyl (C=O) groups excluding carboxylic acids is 2. The molecule has 4 nitrogen and oxygen atoms in total. The summed E-state index contributed by atoms with van der Waals surface area (Å²) in [6, 6.07) is 0.189. The van der Waals surface area contributed by atoms with Gasteiger partial charge in [0.15, 0.2) is 16.6 Å². The van der Waals surface area contributed by atoms with E-state index in [1.165, 1.54) is 0 Å². The fourth-order valence-electron chi connectivity index (χ4n) is 3.57. The highest BCUT2D eigenvalue weighted by atomic mass is 28.4. The molecule has 6 heteroatoms. The maximum atomic E-state index is 13.2. The lowest BCUT2D eigenvalue weighted by Gasteiger charge is -2.59. The van der Waals surface area contributed by atoms with E-state index in [1.807, 2.05) is 0 Å². The van der Waals surface area contributed by atoms with Crippen LogP contribution in [-0.4, -0.2) is 45.5 Å². The van der Waals surface area contributed by atoms with Gasteiger partial charge in [0.1, 0.15) is 6.29 Å². The summed E-state index contributed by atoms with van der Waals surface area (Å²) in [6.07, 6.45) is 3.12. The third kappa shape index (κ3) is 5.12. The van der Waals surface area contributed by atoms with Gasteiger partial charge in [0.2, 0.25) is 5.91 Å². The van der Waals surface area contributed by atoms with E-state index in [0.717, 1.165) is 19.1 Å². The van der Waals surface area contributed by atoms with Crippen LogP contribution in [0.5, 0.6) is 0 Å². The summed E-state index contributed by atoms with van der Waals surface area (Å²) < 4.78 is 8.69. The number of rotatable bonds is 8. The van der Waals surface area contributed by atoms with Crippen LogP contribution in [0.2, 0.25) is 36.3 Å². The molecular formula is C21H43NO3Si2. The molecule has 0 unspecified atom stereocenters. The van der Waals surface area contributed by atoms with Crippen molar-refractivity contribution in [2.24, 2.45) is 5.92 Å². The van der Waals surface area contributed by atoms with Gasteiger partial charge >= 0.3 is 0 Å². The molecule has 3 atom stereocenters. The van der Waals surface area contributed by atoms with Gasteiger partial charge in [0.05, 0.1) is 5.92 Å². The summed E-state index contributed by atoms with van der Waals surface area (Å²) in [5, 5.41) is 0.269. The summed E-state index contributed by atoms with van der Waals surface area (Å²) in [4.78, 5) is 24.2. The molecule has 1 amide bonds. The Bertz CT molecular complexity index is 547. The van der Waals surface area contributed by atoms with E-state index >= 15 is 0 Å². The largest absolute Gasteiger partial charge is 0.414 e. The average molecular weight is 414 g/mol. The minimum atomic E-state index is -1.93. The van der Waals surface area contributed by atoms with Crippen molar-refractivity contribution in [3.05, 3.63) is 0 Å². The maximum Gasteiger partial charge on any atom is 0.220 e. The van der Waals surface area contributed by atoms with Gasteiger partial charge in [0.25, 0.3) is 0 Å². The zero-order valence-corrected chi connectivity index (χ0v) is 21.6. The van der Waals surface area contributed by atoms with Crippen molar-refractivity contribution in [3.63, 3.8) is 0 Å². The normalized spacial score (nSPS) is 23.2. The first-order valence-corrected chi connectivity index (χ1v) is 16.3. The molecule has 27 heavy (non-hydrogen) atoms. The molecule has 1 saturated heterocycles. The van der Waals surface area contributed by atoms with Crippen molar-refractivity contribution >= 4 is 28.7 Å². The molecule has 0 aliphatic carbocycles. The molecule has 0 N–H and O–H groups in total. The smallest absolute Gasteiger partial charge is 0.220 e. The Morgan fingerprint density at radius 2 is 1.59 bits per heavy atom. The fourth-order valence-corrected chi connectivity index (χ4v) is 7.60. The Morgan fingerprint density at radius 3 is 2.00 bits per heavy atom. The van der Waals surface area contributed by atoms with Crippen LogP contribution < -0.4 is 0 Å². The van der Waals surface area contributed by atoms with E-state index in [9.17, 15) is 9.59 Å². The highest BCUT2D eigenvalue weighted by Gasteiger charge is 2.57. The van der Waals surface area contributed by atoms with Gasteiger partial charge in [-0.2, -0.15) is 0 Å². The van der Waals surface area contributed by atoms with E-state index in [-0.39, 0.29) is 34.0 Å². The van der Waals surface area contributed by atoms with E-state index in [4.69, 9.17) is 4.43 Å². The zero-order valence-electron chi connectivity index (χ0n) is 19.6. The third-order valence-corrected chi connectivity index (χ3v) is 17.3. The molecule has 0 radical (unpaired) electrons. The molecule has 1 rings (SSSR count). The number of hydrogen-bond donors (Lipinski definition) is 0. The molecule has 1 aliphatic rings. The summed E-state index contributed by atoms with van der Waals surface area (Å²) in [5.41, 5.74) is 0. The molecule has 1 aliphatic heterocycles. The first kappa shape index (κ1) is 24.6. The first-order valence-electron chi connectivity index (χ1n) is 10.4. The van der Waals surface area contributed by atoms with Gasteiger partial charge in [-0.25, -0.2) is 0 Å². The highest BCUT2D eigenvalue weighted by molar-refractivity contribution is 6.80. The second-order valence-corrected chi connectivity index (χ2v) is 21.2. The second-order valence-electron chi connectivity index (χ2n) is 11.4. The molecule has 0 bridgehead atoms. The minimum absolute atomic E-state index is 0.00107. The van der Waals surface area contributed by atoms with Crippen LogP contribution in [0.15, 0.2) is 0 Å². The summed E-state index contributed by atoms with van der Waals surface area (Å²) >= 11 is 0. The molecule has 0 aromatic heterocycles. The van der Waals surface area contributed by atoms with E-state index < -0.39 is 16.6 Å². The highest BCUT2D eigenvalue weighted by Crippen LogP contribution is 2.47. The lowest BCUT2D eigenvalue weighted by atomic mass is 9.83. The minimum Gasteiger partial charge on any atom is -0.414 e. The first-order chi connectivity index (χ1) is 12.0. The van der Waals surface area contributed by atoms with Crippen molar-refractivity contribution in [1.82, 2.24) is 4.57 Å². The van der Waals surface area contributed by atoms with Crippen LogP contribution >= 0.6 is 0 Å². The number of carbonyl (C=O) groups is 2. The number of aldehydes is 1. The number of hydrogen-bond acceptors (Lipinski definition) is 3. The average Bonchev–Trinajstić information content (AvgIpc) is 2.45. The number of β-lactam (4-membered cyclic amide) rings is 1. The van der Waals surface area contributed by atoms with Gasteiger partial charge in [-0.15, -0.1) is 0 Å². The molecule has 0 aromatic carbocycles. The molecule has 1 heterocycles. The standard InChI is InChI=1S/C21H43NO3Si2/c1-16(25-27(10,11)21(5,6)7)15-17-18(13-12-14-23)22(19(17)24)26(8,9)20(2,3)4/h14,16-18H,12-13,15H2,1-11H3/t16-,17-,18-/m1/s1. The molecule has 158 valence electrons. The summed E-state index contributed by atoms with van der Waals surface area (Å²) in [7, 11) is -3.78. The van der Waals surface area contributed by atoms with Gasteiger partial charge < -0.3 is 13.8 Å². The topological polar surface area (TPSA) is 46.6 Å². The lowest BCUT2D eigenvalue weighted by molar-refractivity contribution is -0.150. The predicted octanol–water partition coefficient (Wildman–Crippen LogP) is 5.60. The Labute approximate surface area is 169 Å². The predicted molar refractivity (Wildman–Crippen MR) is 119 cm³/mol. The molecule has 0 saturated carbocycles. The van der Waals surface area contributed by atoms with Crippen LogP contribution in [0.25, 0.3) is 0 Å². The van der Waals surface area contributed by atoms with Crippen molar-refractivity contribution in [2.75, 3.05) is 0 Å². The van der Waals surface area contributed by atoms with Crippen molar-refractivity contribution < 1.29 is 14.0 Å². The quantitative estimate of drug-likeness (QED) is 0.296. The molecule has 0 aromatic rings. The van der Waals surface area contributed by atoms with E-state index in [2.05, 4.69) is 79.2 Å². The van der Waals surface area contributed by atoms with Crippen molar-refractivity contribution in [3.8, 4) is 0 Å². The van der Waals surface area contributed by atoms with E-state index in [0.29, 0.717) is 6.42 Å². The zero-order chi connectivity index (χ0) is 21.4. The maximum absolute atomic E-state index is 13.2. The van der Waals surface area contributed by atoms with Gasteiger partial charge in [0, 0.05) is 18.6 Å². The lowest BCUT2D eigenvalue weighted by Crippen LogP contribution is -2.73. The Hall–Kier alpha value is -0.466. The monoisotopic (exact) mass is 413 g/mol. The molecule has 0 spiro atoms. The Morgan fingerprint density at radius 1 is 1.07 bits per heavy atom. The SMILES string of the molecule is C[C@H](C[C@H]1C(=O)N([Si](C)(C)C(C)(C)C)[C@@H]1CCC=O)O[Si](C)(C)C(C)(C)C. The van der Waals surface area contributed by atoms with Crippen molar-refractivity contribution in [2.45, 2.75) is 116 Å². The number of nitrogens with zero attached hydrogens (tertiary/aromatic N) is 1. The Balaban J connectivity index is 2.95. The van der Waals surface area contributed by atoms with Gasteiger partial charge in [-0.3, -0.25) is 4.79 Å². The van der Waals surface area contributed by atoms with E-state index in [1.54, 1.807) is 0 Å². The number of amides is 1. The van der Waals surface area contributed by atoms with Crippen LogP contribution in [0.3, 0.4) is 0 Å². The molecule has 1 fully saturated rings. The van der Waals surface area contributed by atoms with Crippen LogP contribution in [0.1, 0.15) is 67.7 Å². The summed E-state index contributed by atoms with van der Waals surface area (Å²) in [6.45, 7) is 24.6. The Kier molecular flexibility index (Phi) is 7.38. The summed E-state index contributed by atoms with van der Waals surface area (Å²) in [5.74, 6) is 0.280. The third-order valence-electron chi connectivity index (χ3n) is 7.26.